The minimum atomic E-state index is -1.05. The Hall–Kier alpha value is -3.84. The molecule has 0 aliphatic carbocycles. The molecule has 0 heterocycles. The number of aromatic carboxylic acids is 1. The van der Waals surface area contributed by atoms with Gasteiger partial charge in [-0.3, -0.25) is 4.79 Å². The molecule has 1 amide bonds. The van der Waals surface area contributed by atoms with E-state index in [0.29, 0.717) is 11.1 Å². The van der Waals surface area contributed by atoms with Gasteiger partial charge in [-0.2, -0.15) is 10.5 Å². The largest absolute Gasteiger partial charge is 0.482 e. The molecule has 0 saturated heterocycles. The number of amides is 1. The van der Waals surface area contributed by atoms with Crippen molar-refractivity contribution in [1.82, 2.24) is 4.90 Å². The molecule has 2 aromatic carbocycles. The van der Waals surface area contributed by atoms with E-state index in [-0.39, 0.29) is 47.0 Å². The topological polar surface area (TPSA) is 114 Å². The summed E-state index contributed by atoms with van der Waals surface area (Å²) in [7, 11) is 0. The normalized spacial score (nSPS) is 10.4. The predicted octanol–water partition coefficient (Wildman–Crippen LogP) is 3.82. The molecule has 7 heteroatoms. The number of benzene rings is 2. The summed E-state index contributed by atoms with van der Waals surface area (Å²) >= 11 is 0. The average Bonchev–Trinajstić information content (AvgIpc) is 2.70. The van der Waals surface area contributed by atoms with Crippen molar-refractivity contribution < 1.29 is 19.4 Å². The maximum Gasteiger partial charge on any atom is 0.335 e. The van der Waals surface area contributed by atoms with Crippen molar-refractivity contribution >= 4 is 11.9 Å². The first-order valence-corrected chi connectivity index (χ1v) is 9.46. The summed E-state index contributed by atoms with van der Waals surface area (Å²) in [6, 6.07) is 13.2. The number of nitriles is 2. The highest BCUT2D eigenvalue weighted by Gasteiger charge is 2.22. The fraction of sp³-hybridized carbons (Fsp3) is 0.304. The lowest BCUT2D eigenvalue weighted by Gasteiger charge is -2.30. The van der Waals surface area contributed by atoms with Crippen molar-refractivity contribution in [2.75, 3.05) is 6.61 Å². The standard InChI is InChI=1S/C23H23N3O4/c1-14(2)26(15(3)4)22(27)13-30-21-10-9-18(19(11-24)20(21)12-25)16-5-7-17(8-6-16)23(28)29/h5-10,14-15H,13H2,1-4H3,(H,28,29). The second kappa shape index (κ2) is 9.58. The number of carboxylic acid groups (broad SMARTS) is 1. The predicted molar refractivity (Wildman–Crippen MR) is 111 cm³/mol. The van der Waals surface area contributed by atoms with Gasteiger partial charge in [0.1, 0.15) is 23.5 Å². The zero-order chi connectivity index (χ0) is 22.4. The highest BCUT2D eigenvalue weighted by atomic mass is 16.5. The third-order valence-electron chi connectivity index (χ3n) is 4.59. The molecule has 0 spiro atoms. The van der Waals surface area contributed by atoms with Crippen molar-refractivity contribution in [2.24, 2.45) is 0 Å². The van der Waals surface area contributed by atoms with Crippen LogP contribution < -0.4 is 4.74 Å². The van der Waals surface area contributed by atoms with E-state index in [9.17, 15) is 20.1 Å². The van der Waals surface area contributed by atoms with Gasteiger partial charge in [0.25, 0.3) is 5.91 Å². The van der Waals surface area contributed by atoms with E-state index < -0.39 is 5.97 Å². The van der Waals surface area contributed by atoms with E-state index in [0.717, 1.165) is 0 Å². The SMILES string of the molecule is CC(C)N(C(=O)COc1ccc(-c2ccc(C(=O)O)cc2)c(C#N)c1C#N)C(C)C. The van der Waals surface area contributed by atoms with Crippen LogP contribution in [0.5, 0.6) is 5.75 Å². The summed E-state index contributed by atoms with van der Waals surface area (Å²) in [6.07, 6.45) is 0. The maximum atomic E-state index is 12.5. The van der Waals surface area contributed by atoms with Crippen LogP contribution in [0.15, 0.2) is 36.4 Å². The summed E-state index contributed by atoms with van der Waals surface area (Å²) in [5.41, 5.74) is 1.34. The lowest BCUT2D eigenvalue weighted by Crippen LogP contribution is -2.44. The second-order valence-electron chi connectivity index (χ2n) is 7.24. The van der Waals surface area contributed by atoms with E-state index in [1.807, 2.05) is 39.8 Å². The number of hydrogen-bond acceptors (Lipinski definition) is 5. The Labute approximate surface area is 175 Å². The molecule has 0 aliphatic heterocycles. The third-order valence-corrected chi connectivity index (χ3v) is 4.59. The second-order valence-corrected chi connectivity index (χ2v) is 7.24. The summed E-state index contributed by atoms with van der Waals surface area (Å²) in [6.45, 7) is 7.41. The molecule has 7 nitrogen and oxygen atoms in total. The molecule has 0 radical (unpaired) electrons. The van der Waals surface area contributed by atoms with Crippen molar-refractivity contribution in [3.05, 3.63) is 53.1 Å². The van der Waals surface area contributed by atoms with Gasteiger partial charge in [0.15, 0.2) is 6.61 Å². The van der Waals surface area contributed by atoms with Gasteiger partial charge in [0.05, 0.1) is 11.1 Å². The van der Waals surface area contributed by atoms with Crippen LogP contribution in [-0.2, 0) is 4.79 Å². The van der Waals surface area contributed by atoms with Crippen LogP contribution in [0.1, 0.15) is 49.2 Å². The lowest BCUT2D eigenvalue weighted by atomic mass is 9.95. The molecule has 1 N–H and O–H groups in total. The van der Waals surface area contributed by atoms with Gasteiger partial charge < -0.3 is 14.7 Å². The quantitative estimate of drug-likeness (QED) is 0.749. The molecule has 0 bridgehead atoms. The van der Waals surface area contributed by atoms with Gasteiger partial charge in [-0.25, -0.2) is 4.79 Å². The highest BCUT2D eigenvalue weighted by Crippen LogP contribution is 2.31. The molecule has 0 saturated carbocycles. The van der Waals surface area contributed by atoms with E-state index in [2.05, 4.69) is 0 Å². The fourth-order valence-corrected chi connectivity index (χ4v) is 3.35. The molecule has 2 rings (SSSR count). The smallest absolute Gasteiger partial charge is 0.335 e. The zero-order valence-electron chi connectivity index (χ0n) is 17.3. The Bertz CT molecular complexity index is 1020. The Balaban J connectivity index is 2.36. The molecule has 0 aromatic heterocycles. The van der Waals surface area contributed by atoms with Gasteiger partial charge in [-0.05, 0) is 57.5 Å². The number of hydrogen-bond donors (Lipinski definition) is 1. The van der Waals surface area contributed by atoms with Gasteiger partial charge in [-0.1, -0.05) is 12.1 Å². The number of carbonyl (C=O) groups excluding carboxylic acids is 1. The zero-order valence-corrected chi connectivity index (χ0v) is 17.3. The first-order chi connectivity index (χ1) is 14.2. The van der Waals surface area contributed by atoms with Crippen LogP contribution in [-0.4, -0.2) is 40.6 Å². The number of nitrogens with zero attached hydrogens (tertiary/aromatic N) is 3. The van der Waals surface area contributed by atoms with E-state index >= 15 is 0 Å². The average molecular weight is 405 g/mol. The van der Waals surface area contributed by atoms with Crippen LogP contribution >= 0.6 is 0 Å². The Kier molecular flexibility index (Phi) is 7.17. The summed E-state index contributed by atoms with van der Waals surface area (Å²) in [4.78, 5) is 25.3. The lowest BCUT2D eigenvalue weighted by molar-refractivity contribution is -0.137. The van der Waals surface area contributed by atoms with Crippen LogP contribution in [0, 0.1) is 22.7 Å². The van der Waals surface area contributed by atoms with Crippen LogP contribution in [0.2, 0.25) is 0 Å². The number of carboxylic acids is 1. The van der Waals surface area contributed by atoms with Crippen molar-refractivity contribution in [3.8, 4) is 29.0 Å². The van der Waals surface area contributed by atoms with Gasteiger partial charge >= 0.3 is 5.97 Å². The monoisotopic (exact) mass is 405 g/mol. The molecule has 154 valence electrons. The summed E-state index contributed by atoms with van der Waals surface area (Å²) in [5.74, 6) is -1.11. The van der Waals surface area contributed by atoms with Gasteiger partial charge in [0.2, 0.25) is 0 Å². The Morgan fingerprint density at radius 1 is 0.967 bits per heavy atom. The minimum Gasteiger partial charge on any atom is -0.482 e. The molecule has 0 atom stereocenters. The molecule has 0 unspecified atom stereocenters. The number of carbonyl (C=O) groups is 2. The molecule has 2 aromatic rings. The first-order valence-electron chi connectivity index (χ1n) is 9.46. The Morgan fingerprint density at radius 3 is 2.00 bits per heavy atom. The fourth-order valence-electron chi connectivity index (χ4n) is 3.35. The summed E-state index contributed by atoms with van der Waals surface area (Å²) in [5, 5.41) is 28.3. The number of rotatable bonds is 7. The van der Waals surface area contributed by atoms with E-state index in [4.69, 9.17) is 9.84 Å². The van der Waals surface area contributed by atoms with Crippen LogP contribution in [0.25, 0.3) is 11.1 Å². The minimum absolute atomic E-state index is 0.00218. The van der Waals surface area contributed by atoms with E-state index in [1.165, 1.54) is 12.1 Å². The highest BCUT2D eigenvalue weighted by molar-refractivity contribution is 5.88. The first kappa shape index (κ1) is 22.4. The molecular weight excluding hydrogens is 382 g/mol. The van der Waals surface area contributed by atoms with Gasteiger partial charge in [0, 0.05) is 17.6 Å². The van der Waals surface area contributed by atoms with Crippen molar-refractivity contribution in [3.63, 3.8) is 0 Å². The van der Waals surface area contributed by atoms with Crippen LogP contribution in [0.4, 0.5) is 0 Å². The van der Waals surface area contributed by atoms with Crippen LogP contribution in [0.3, 0.4) is 0 Å². The van der Waals surface area contributed by atoms with Crippen molar-refractivity contribution in [1.29, 1.82) is 10.5 Å². The summed E-state index contributed by atoms with van der Waals surface area (Å²) < 4.78 is 5.61. The maximum absolute atomic E-state index is 12.5. The molecular formula is C23H23N3O4. The molecule has 0 fully saturated rings. The molecule has 0 aliphatic rings. The number of ether oxygens (including phenoxy) is 1. The van der Waals surface area contributed by atoms with Crippen molar-refractivity contribution in [2.45, 2.75) is 39.8 Å². The molecule has 30 heavy (non-hydrogen) atoms. The van der Waals surface area contributed by atoms with E-state index in [1.54, 1.807) is 29.2 Å². The van der Waals surface area contributed by atoms with Gasteiger partial charge in [-0.15, -0.1) is 0 Å². The Morgan fingerprint density at radius 2 is 1.53 bits per heavy atom. The third kappa shape index (κ3) is 4.76.